The van der Waals surface area contributed by atoms with E-state index in [-0.39, 0.29) is 5.56 Å². The highest BCUT2D eigenvalue weighted by Crippen LogP contribution is 2.18. The lowest BCUT2D eigenvalue weighted by molar-refractivity contribution is 0.0697. The minimum Gasteiger partial charge on any atom is -0.489 e. The van der Waals surface area contributed by atoms with Gasteiger partial charge < -0.3 is 9.84 Å². The molecule has 3 aromatic rings. The van der Waals surface area contributed by atoms with E-state index in [2.05, 4.69) is 10.5 Å². The Morgan fingerprint density at radius 3 is 2.41 bits per heavy atom. The van der Waals surface area contributed by atoms with Crippen molar-refractivity contribution < 1.29 is 14.6 Å². The van der Waals surface area contributed by atoms with Crippen molar-refractivity contribution in [2.24, 2.45) is 5.10 Å². The van der Waals surface area contributed by atoms with Gasteiger partial charge in [0.2, 0.25) is 0 Å². The maximum absolute atomic E-state index is 10.8. The fourth-order valence-corrected chi connectivity index (χ4v) is 2.49. The van der Waals surface area contributed by atoms with E-state index in [1.54, 1.807) is 18.3 Å². The van der Waals surface area contributed by atoms with Gasteiger partial charge in [0.1, 0.15) is 12.4 Å². The van der Waals surface area contributed by atoms with E-state index in [1.807, 2.05) is 48.5 Å². The van der Waals surface area contributed by atoms with Crippen molar-refractivity contribution in [3.8, 4) is 5.75 Å². The molecule has 0 aliphatic carbocycles. The topological polar surface area (TPSA) is 70.9 Å². The van der Waals surface area contributed by atoms with Crippen molar-refractivity contribution in [3.63, 3.8) is 0 Å². The number of carboxylic acid groups (broad SMARTS) is 1. The number of hydrogen-bond acceptors (Lipinski definition) is 4. The molecule has 3 aromatic carbocycles. The number of anilines is 1. The predicted molar refractivity (Wildman–Crippen MR) is 107 cm³/mol. The minimum absolute atomic E-state index is 0.233. The number of nitrogens with one attached hydrogen (secondary N) is 1. The quantitative estimate of drug-likeness (QED) is 0.443. The number of halogens is 1. The molecule has 0 heterocycles. The van der Waals surface area contributed by atoms with Gasteiger partial charge in [0.15, 0.2) is 0 Å². The number of carboxylic acids is 1. The molecule has 2 N–H and O–H groups in total. The molecular formula is C21H17ClN2O3. The lowest BCUT2D eigenvalue weighted by atomic mass is 10.2. The van der Waals surface area contributed by atoms with Crippen molar-refractivity contribution in [2.75, 3.05) is 5.43 Å². The van der Waals surface area contributed by atoms with E-state index in [0.29, 0.717) is 17.3 Å². The predicted octanol–water partition coefficient (Wildman–Crippen LogP) is 5.06. The molecule has 0 unspecified atom stereocenters. The lowest BCUT2D eigenvalue weighted by Gasteiger charge is -2.07. The first-order valence-electron chi connectivity index (χ1n) is 8.20. The Balaban J connectivity index is 1.53. The second-order valence-corrected chi connectivity index (χ2v) is 6.11. The van der Waals surface area contributed by atoms with Crippen LogP contribution in [0, 0.1) is 0 Å². The second kappa shape index (κ2) is 8.87. The van der Waals surface area contributed by atoms with E-state index in [4.69, 9.17) is 21.4 Å². The summed E-state index contributed by atoms with van der Waals surface area (Å²) in [4.78, 5) is 10.8. The Labute approximate surface area is 161 Å². The molecule has 0 atom stereocenters. The van der Waals surface area contributed by atoms with Crippen LogP contribution in [0.15, 0.2) is 77.9 Å². The van der Waals surface area contributed by atoms with Gasteiger partial charge in [-0.2, -0.15) is 5.10 Å². The second-order valence-electron chi connectivity index (χ2n) is 5.70. The monoisotopic (exact) mass is 380 g/mol. The summed E-state index contributed by atoms with van der Waals surface area (Å²) in [7, 11) is 0. The number of rotatable bonds is 7. The van der Waals surface area contributed by atoms with Crippen LogP contribution in [0.2, 0.25) is 5.02 Å². The lowest BCUT2D eigenvalue weighted by Crippen LogP contribution is -1.97. The molecule has 27 heavy (non-hydrogen) atoms. The van der Waals surface area contributed by atoms with Crippen molar-refractivity contribution in [1.29, 1.82) is 0 Å². The first-order valence-corrected chi connectivity index (χ1v) is 8.58. The molecule has 0 saturated heterocycles. The number of hydrogen-bond donors (Lipinski definition) is 2. The van der Waals surface area contributed by atoms with Gasteiger partial charge in [-0.05, 0) is 60.2 Å². The van der Waals surface area contributed by atoms with Crippen LogP contribution in [0.5, 0.6) is 5.75 Å². The molecule has 0 aliphatic heterocycles. The molecule has 0 aliphatic rings. The number of hydrazone groups is 1. The summed E-state index contributed by atoms with van der Waals surface area (Å²) in [6.45, 7) is 0.404. The zero-order valence-corrected chi connectivity index (χ0v) is 15.1. The van der Waals surface area contributed by atoms with Crippen LogP contribution in [-0.2, 0) is 6.61 Å². The molecule has 136 valence electrons. The van der Waals surface area contributed by atoms with Crippen molar-refractivity contribution in [2.45, 2.75) is 6.61 Å². The molecular weight excluding hydrogens is 364 g/mol. The summed E-state index contributed by atoms with van der Waals surface area (Å²) in [5.41, 5.74) is 5.63. The van der Waals surface area contributed by atoms with Crippen LogP contribution in [0.3, 0.4) is 0 Å². The highest BCUT2D eigenvalue weighted by Gasteiger charge is 2.01. The average Bonchev–Trinajstić information content (AvgIpc) is 2.69. The number of carbonyl (C=O) groups is 1. The number of nitrogens with zero attached hydrogens (tertiary/aromatic N) is 1. The average molecular weight is 381 g/mol. The largest absolute Gasteiger partial charge is 0.489 e. The molecule has 0 saturated carbocycles. The van der Waals surface area contributed by atoms with Crippen LogP contribution in [-0.4, -0.2) is 17.3 Å². The zero-order valence-electron chi connectivity index (χ0n) is 14.3. The normalized spacial score (nSPS) is 10.7. The smallest absolute Gasteiger partial charge is 0.335 e. The number of ether oxygens (including phenoxy) is 1. The minimum atomic E-state index is -0.957. The van der Waals surface area contributed by atoms with Gasteiger partial charge >= 0.3 is 5.97 Å². The molecule has 0 amide bonds. The highest BCUT2D eigenvalue weighted by atomic mass is 35.5. The molecule has 0 fully saturated rings. The first-order chi connectivity index (χ1) is 13.1. The summed E-state index contributed by atoms with van der Waals surface area (Å²) in [5, 5.41) is 13.7. The van der Waals surface area contributed by atoms with Gasteiger partial charge in [0.05, 0.1) is 17.5 Å². The van der Waals surface area contributed by atoms with Gasteiger partial charge in [-0.3, -0.25) is 5.43 Å². The Bertz CT molecular complexity index is 938. The van der Waals surface area contributed by atoms with Crippen LogP contribution in [0.4, 0.5) is 5.69 Å². The fourth-order valence-electron chi connectivity index (χ4n) is 2.30. The Morgan fingerprint density at radius 1 is 1.04 bits per heavy atom. The van der Waals surface area contributed by atoms with Crippen LogP contribution >= 0.6 is 11.6 Å². The van der Waals surface area contributed by atoms with Crippen LogP contribution in [0.1, 0.15) is 21.5 Å². The van der Waals surface area contributed by atoms with Crippen LogP contribution in [0.25, 0.3) is 0 Å². The molecule has 6 heteroatoms. The third kappa shape index (κ3) is 5.33. The Kier molecular flexibility index (Phi) is 6.07. The molecule has 0 aromatic heterocycles. The third-order valence-electron chi connectivity index (χ3n) is 3.77. The molecule has 5 nitrogen and oxygen atoms in total. The van der Waals surface area contributed by atoms with Crippen LogP contribution < -0.4 is 10.2 Å². The Hall–Kier alpha value is -3.31. The van der Waals surface area contributed by atoms with Gasteiger partial charge in [-0.1, -0.05) is 29.8 Å². The fraction of sp³-hybridized carbons (Fsp3) is 0.0476. The van der Waals surface area contributed by atoms with Gasteiger partial charge in [-0.15, -0.1) is 0 Å². The number of benzene rings is 3. The van der Waals surface area contributed by atoms with E-state index in [9.17, 15) is 4.79 Å². The summed E-state index contributed by atoms with van der Waals surface area (Å²) in [6.07, 6.45) is 1.67. The maximum Gasteiger partial charge on any atom is 0.335 e. The summed E-state index contributed by atoms with van der Waals surface area (Å²) in [5.74, 6) is -0.216. The molecule has 0 spiro atoms. The zero-order chi connectivity index (χ0) is 19.1. The molecule has 0 bridgehead atoms. The van der Waals surface area contributed by atoms with E-state index in [1.165, 1.54) is 12.1 Å². The van der Waals surface area contributed by atoms with Crippen molar-refractivity contribution in [1.82, 2.24) is 0 Å². The van der Waals surface area contributed by atoms with E-state index >= 15 is 0 Å². The van der Waals surface area contributed by atoms with Crippen molar-refractivity contribution >= 4 is 29.5 Å². The SMILES string of the molecule is O=C(O)c1ccc(N/N=C/c2ccc(OCc3ccccc3Cl)cc2)cc1. The first kappa shape index (κ1) is 18.5. The van der Waals surface area contributed by atoms with E-state index in [0.717, 1.165) is 16.9 Å². The summed E-state index contributed by atoms with van der Waals surface area (Å²) >= 11 is 6.11. The third-order valence-corrected chi connectivity index (χ3v) is 4.14. The molecule has 3 rings (SSSR count). The maximum atomic E-state index is 10.8. The van der Waals surface area contributed by atoms with Gasteiger partial charge in [0.25, 0.3) is 0 Å². The number of aromatic carboxylic acids is 1. The van der Waals surface area contributed by atoms with Crippen molar-refractivity contribution in [3.05, 3.63) is 94.5 Å². The Morgan fingerprint density at radius 2 is 1.74 bits per heavy atom. The summed E-state index contributed by atoms with van der Waals surface area (Å²) < 4.78 is 5.74. The highest BCUT2D eigenvalue weighted by molar-refractivity contribution is 6.31. The van der Waals surface area contributed by atoms with Gasteiger partial charge in [0, 0.05) is 10.6 Å². The molecule has 0 radical (unpaired) electrons. The summed E-state index contributed by atoms with van der Waals surface area (Å²) in [6, 6.07) is 21.4. The van der Waals surface area contributed by atoms with Gasteiger partial charge in [-0.25, -0.2) is 4.79 Å². The van der Waals surface area contributed by atoms with E-state index < -0.39 is 5.97 Å². The standard InChI is InChI=1S/C21H17ClN2O3/c22-20-4-2-1-3-17(20)14-27-19-11-5-15(6-12-19)13-23-24-18-9-7-16(8-10-18)21(25)26/h1-13,24H,14H2,(H,25,26)/b23-13+.